The number of hydrogen-bond donors (Lipinski definition) is 1. The summed E-state index contributed by atoms with van der Waals surface area (Å²) in [6, 6.07) is -0.719. The molecule has 7 atom stereocenters. The lowest BCUT2D eigenvalue weighted by Crippen LogP contribution is -2.45. The van der Waals surface area contributed by atoms with Gasteiger partial charge in [-0.3, -0.25) is 14.4 Å². The van der Waals surface area contributed by atoms with Crippen LogP contribution in [0.3, 0.4) is 0 Å². The Hall–Kier alpha value is -2.01. The van der Waals surface area contributed by atoms with Gasteiger partial charge in [0.05, 0.1) is 0 Å². The van der Waals surface area contributed by atoms with Gasteiger partial charge in [-0.2, -0.15) is 0 Å². The summed E-state index contributed by atoms with van der Waals surface area (Å²) in [5.74, 6) is 0.565. The average Bonchev–Trinajstić information content (AvgIpc) is 2.96. The van der Waals surface area contributed by atoms with Crippen molar-refractivity contribution in [3.05, 3.63) is 35.5 Å². The molecule has 30 heavy (non-hydrogen) atoms. The summed E-state index contributed by atoms with van der Waals surface area (Å²) in [4.78, 5) is 36.8. The highest BCUT2D eigenvalue weighted by molar-refractivity contribution is 6.01. The molecule has 0 amide bonds. The van der Waals surface area contributed by atoms with Crippen LogP contribution in [0.25, 0.3) is 0 Å². The summed E-state index contributed by atoms with van der Waals surface area (Å²) < 4.78 is 5.18. The van der Waals surface area contributed by atoms with Crippen LogP contribution in [0.5, 0.6) is 0 Å². The maximum atomic E-state index is 13.1. The zero-order valence-corrected chi connectivity index (χ0v) is 18.4. The van der Waals surface area contributed by atoms with E-state index in [2.05, 4.69) is 32.9 Å². The number of carbonyl (C=O) groups is 3. The maximum absolute atomic E-state index is 13.1. The van der Waals surface area contributed by atoms with Crippen LogP contribution in [0.2, 0.25) is 0 Å². The molecule has 0 radical (unpaired) electrons. The van der Waals surface area contributed by atoms with Crippen LogP contribution in [-0.2, 0) is 19.1 Å². The number of Topliss-reactive ketones (excluding diaryl/α,β-unsaturated/α-hetero) is 1. The smallest absolute Gasteiger partial charge is 0.323 e. The molecular weight excluding hydrogens is 378 g/mol. The summed E-state index contributed by atoms with van der Waals surface area (Å²) >= 11 is 0. The number of carbonyl (C=O) groups excluding carboxylic acids is 3. The number of ether oxygens (including phenoxy) is 1. The Labute approximate surface area is 178 Å². The summed E-state index contributed by atoms with van der Waals surface area (Å²) in [5.41, 5.74) is 7.91. The molecule has 0 aromatic carbocycles. The Bertz CT molecular complexity index is 882. The van der Waals surface area contributed by atoms with Crippen LogP contribution >= 0.6 is 0 Å². The Balaban J connectivity index is 1.60. The van der Waals surface area contributed by atoms with E-state index in [9.17, 15) is 14.4 Å². The minimum absolute atomic E-state index is 0.0177. The molecule has 0 spiro atoms. The monoisotopic (exact) mass is 411 g/mol. The number of fused-ring (bicyclic) bond motifs is 5. The van der Waals surface area contributed by atoms with Crippen LogP contribution in [-0.4, -0.2) is 30.2 Å². The second-order valence-electron chi connectivity index (χ2n) is 10.3. The standard InChI is InChI=1S/C25H33NO4/c1-14-11-20-18-6-5-16-12-17(27)7-9-24(16,3)19(18)8-10-25(20,4)22(14)21(28)13-30-23(29)15(2)26/h7-9,12,14-15,18,20,22H,5-6,10-11,13,26H2,1-4H3/t14-,15+,18?,20?,22?,24+,25+/m1/s1. The highest BCUT2D eigenvalue weighted by Crippen LogP contribution is 2.65. The number of nitrogens with two attached hydrogens (primary N) is 1. The van der Waals surface area contributed by atoms with Gasteiger partial charge >= 0.3 is 5.97 Å². The van der Waals surface area contributed by atoms with Gasteiger partial charge in [0.1, 0.15) is 12.6 Å². The highest BCUT2D eigenvalue weighted by Gasteiger charge is 2.59. The molecule has 0 aromatic heterocycles. The number of allylic oxidation sites excluding steroid dienone is 6. The van der Waals surface area contributed by atoms with Crippen LogP contribution in [0.4, 0.5) is 0 Å². The highest BCUT2D eigenvalue weighted by atomic mass is 16.5. The Morgan fingerprint density at radius 3 is 2.77 bits per heavy atom. The van der Waals surface area contributed by atoms with E-state index in [0.29, 0.717) is 11.8 Å². The Kier molecular flexibility index (Phi) is 5.16. The van der Waals surface area contributed by atoms with Gasteiger partial charge in [-0.1, -0.05) is 37.1 Å². The van der Waals surface area contributed by atoms with Crippen molar-refractivity contribution in [1.29, 1.82) is 0 Å². The molecule has 4 aliphatic carbocycles. The van der Waals surface area contributed by atoms with Crippen molar-refractivity contribution in [3.63, 3.8) is 0 Å². The van der Waals surface area contributed by atoms with E-state index in [0.717, 1.165) is 25.7 Å². The van der Waals surface area contributed by atoms with E-state index in [1.165, 1.54) is 11.1 Å². The van der Waals surface area contributed by atoms with Crippen molar-refractivity contribution in [2.24, 2.45) is 40.2 Å². The predicted molar refractivity (Wildman–Crippen MR) is 114 cm³/mol. The molecule has 2 fully saturated rings. The molecule has 2 N–H and O–H groups in total. The van der Waals surface area contributed by atoms with Crippen molar-refractivity contribution in [1.82, 2.24) is 0 Å². The third-order valence-corrected chi connectivity index (χ3v) is 8.36. The topological polar surface area (TPSA) is 86.5 Å². The zero-order chi connectivity index (χ0) is 21.8. The first-order valence-electron chi connectivity index (χ1n) is 11.2. The van der Waals surface area contributed by atoms with Crippen molar-refractivity contribution >= 4 is 17.5 Å². The molecule has 4 rings (SSSR count). The Morgan fingerprint density at radius 1 is 1.33 bits per heavy atom. The fourth-order valence-electron chi connectivity index (χ4n) is 6.94. The van der Waals surface area contributed by atoms with Gasteiger partial charge in [-0.25, -0.2) is 0 Å². The van der Waals surface area contributed by atoms with E-state index in [1.807, 2.05) is 6.08 Å². The Morgan fingerprint density at radius 2 is 2.07 bits per heavy atom. The second-order valence-corrected chi connectivity index (χ2v) is 10.3. The quantitative estimate of drug-likeness (QED) is 0.565. The lowest BCUT2D eigenvalue weighted by molar-refractivity contribution is -0.151. The first-order valence-corrected chi connectivity index (χ1v) is 11.2. The molecule has 0 aliphatic heterocycles. The van der Waals surface area contributed by atoms with Crippen LogP contribution < -0.4 is 5.73 Å². The SMILES string of the molecule is C[C@H](N)C(=O)OCC(=O)C1[C@H](C)CC2C3CCC4=CC(=O)C=C[C@]4(C)C3=CC[C@@]21C. The van der Waals surface area contributed by atoms with Gasteiger partial charge in [0, 0.05) is 11.3 Å². The third kappa shape index (κ3) is 3.13. The van der Waals surface area contributed by atoms with Crippen LogP contribution in [0.1, 0.15) is 53.4 Å². The van der Waals surface area contributed by atoms with Crippen LogP contribution in [0.15, 0.2) is 35.5 Å². The molecule has 162 valence electrons. The molecule has 0 saturated heterocycles. The molecule has 4 aliphatic rings. The summed E-state index contributed by atoms with van der Waals surface area (Å²) in [7, 11) is 0. The fraction of sp³-hybridized carbons (Fsp3) is 0.640. The van der Waals surface area contributed by atoms with Crippen LogP contribution in [0, 0.1) is 34.5 Å². The molecule has 5 nitrogen and oxygen atoms in total. The number of esters is 1. The van der Waals surface area contributed by atoms with E-state index in [4.69, 9.17) is 10.5 Å². The molecule has 5 heteroatoms. The normalized spacial score (nSPS) is 40.5. The van der Waals surface area contributed by atoms with Gasteiger partial charge in [-0.05, 0) is 74.9 Å². The molecule has 3 unspecified atom stereocenters. The van der Waals surface area contributed by atoms with Gasteiger partial charge in [0.25, 0.3) is 0 Å². The number of ketones is 2. The zero-order valence-electron chi connectivity index (χ0n) is 18.4. The minimum atomic E-state index is -0.719. The lowest BCUT2D eigenvalue weighted by atomic mass is 9.52. The van der Waals surface area contributed by atoms with Crippen molar-refractivity contribution in [2.45, 2.75) is 59.4 Å². The molecule has 0 aromatic rings. The maximum Gasteiger partial charge on any atom is 0.323 e. The largest absolute Gasteiger partial charge is 0.457 e. The molecular formula is C25H33NO4. The third-order valence-electron chi connectivity index (χ3n) is 8.36. The van der Waals surface area contributed by atoms with Crippen molar-refractivity contribution in [3.8, 4) is 0 Å². The fourth-order valence-corrected chi connectivity index (χ4v) is 6.94. The summed E-state index contributed by atoms with van der Waals surface area (Å²) in [5, 5.41) is 0. The summed E-state index contributed by atoms with van der Waals surface area (Å²) in [6.45, 7) is 8.02. The van der Waals surface area contributed by atoms with Crippen molar-refractivity contribution in [2.75, 3.05) is 6.61 Å². The first-order chi connectivity index (χ1) is 14.1. The average molecular weight is 412 g/mol. The number of hydrogen-bond acceptors (Lipinski definition) is 5. The minimum Gasteiger partial charge on any atom is -0.457 e. The van der Waals surface area contributed by atoms with Gasteiger partial charge in [0.2, 0.25) is 0 Å². The van der Waals surface area contributed by atoms with Gasteiger partial charge in [0.15, 0.2) is 11.6 Å². The van der Waals surface area contributed by atoms with Gasteiger partial charge in [-0.15, -0.1) is 0 Å². The molecule has 2 saturated carbocycles. The van der Waals surface area contributed by atoms with E-state index in [-0.39, 0.29) is 40.8 Å². The summed E-state index contributed by atoms with van der Waals surface area (Å²) in [6.07, 6.45) is 11.8. The van der Waals surface area contributed by atoms with E-state index >= 15 is 0 Å². The first kappa shape index (κ1) is 21.2. The van der Waals surface area contributed by atoms with Gasteiger partial charge < -0.3 is 10.5 Å². The lowest BCUT2D eigenvalue weighted by Gasteiger charge is -2.52. The van der Waals surface area contributed by atoms with Crippen molar-refractivity contribution < 1.29 is 19.1 Å². The number of rotatable bonds is 4. The second kappa shape index (κ2) is 7.30. The van der Waals surface area contributed by atoms with E-state index < -0.39 is 12.0 Å². The molecule has 0 bridgehead atoms. The van der Waals surface area contributed by atoms with E-state index in [1.54, 1.807) is 13.0 Å². The predicted octanol–water partition coefficient (Wildman–Crippen LogP) is 3.54. The molecule has 0 heterocycles.